The fraction of sp³-hybridized carbons (Fsp3) is 0.824. The first kappa shape index (κ1) is 20.1. The third-order valence-electron chi connectivity index (χ3n) is 4.41. The maximum Gasteiger partial charge on any atom is 0.330 e. The lowest BCUT2D eigenvalue weighted by atomic mass is 9.63. The first-order chi connectivity index (χ1) is 10.7. The summed E-state index contributed by atoms with van der Waals surface area (Å²) in [6.45, 7) is 12.9. The predicted octanol–water partition coefficient (Wildman–Crippen LogP) is 2.58. The SMILES string of the molecule is C=CC(=O)OCC(CC)ONCC1(C)CC(NO)CC(C)(C)C1. The second-order valence-electron chi connectivity index (χ2n) is 7.69. The summed E-state index contributed by atoms with van der Waals surface area (Å²) in [5, 5.41) is 9.29. The maximum absolute atomic E-state index is 11.1. The van der Waals surface area contributed by atoms with E-state index < -0.39 is 5.97 Å². The minimum atomic E-state index is -0.440. The van der Waals surface area contributed by atoms with Crippen LogP contribution in [0.15, 0.2) is 12.7 Å². The molecule has 0 aromatic carbocycles. The Bertz CT molecular complexity index is 400. The Labute approximate surface area is 139 Å². The van der Waals surface area contributed by atoms with Gasteiger partial charge >= 0.3 is 5.97 Å². The van der Waals surface area contributed by atoms with Crippen LogP contribution >= 0.6 is 0 Å². The van der Waals surface area contributed by atoms with Gasteiger partial charge in [0.15, 0.2) is 0 Å². The van der Waals surface area contributed by atoms with Gasteiger partial charge in [-0.25, -0.2) is 15.8 Å². The van der Waals surface area contributed by atoms with Gasteiger partial charge in [0.2, 0.25) is 0 Å². The molecule has 6 heteroatoms. The van der Waals surface area contributed by atoms with Gasteiger partial charge in [-0.3, -0.25) is 4.84 Å². The lowest BCUT2D eigenvalue weighted by Crippen LogP contribution is -2.48. The first-order valence-electron chi connectivity index (χ1n) is 8.31. The van der Waals surface area contributed by atoms with Gasteiger partial charge in [-0.05, 0) is 36.5 Å². The Morgan fingerprint density at radius 2 is 2.13 bits per heavy atom. The molecular formula is C17H32N2O4. The summed E-state index contributed by atoms with van der Waals surface area (Å²) in [6.07, 6.45) is 4.58. The lowest BCUT2D eigenvalue weighted by Gasteiger charge is -2.46. The lowest BCUT2D eigenvalue weighted by molar-refractivity contribution is -0.145. The van der Waals surface area contributed by atoms with Gasteiger partial charge in [-0.2, -0.15) is 0 Å². The summed E-state index contributed by atoms with van der Waals surface area (Å²) in [7, 11) is 0. The smallest absolute Gasteiger partial charge is 0.330 e. The summed E-state index contributed by atoms with van der Waals surface area (Å²) >= 11 is 0. The molecule has 1 saturated carbocycles. The van der Waals surface area contributed by atoms with Crippen LogP contribution in [0, 0.1) is 10.8 Å². The van der Waals surface area contributed by atoms with E-state index in [2.05, 4.69) is 38.3 Å². The monoisotopic (exact) mass is 328 g/mol. The molecule has 0 radical (unpaired) electrons. The van der Waals surface area contributed by atoms with Crippen molar-refractivity contribution in [2.45, 2.75) is 65.5 Å². The summed E-state index contributed by atoms with van der Waals surface area (Å²) in [5.74, 6) is -0.440. The highest BCUT2D eigenvalue weighted by Crippen LogP contribution is 2.45. The number of hydroxylamine groups is 2. The highest BCUT2D eigenvalue weighted by Gasteiger charge is 2.41. The van der Waals surface area contributed by atoms with E-state index in [-0.39, 0.29) is 29.6 Å². The molecular weight excluding hydrogens is 296 g/mol. The van der Waals surface area contributed by atoms with E-state index in [4.69, 9.17) is 9.57 Å². The van der Waals surface area contributed by atoms with Gasteiger partial charge in [0.25, 0.3) is 0 Å². The van der Waals surface area contributed by atoms with Gasteiger partial charge in [-0.1, -0.05) is 34.3 Å². The summed E-state index contributed by atoms with van der Waals surface area (Å²) < 4.78 is 5.01. The van der Waals surface area contributed by atoms with Crippen LogP contribution in [0.3, 0.4) is 0 Å². The topological polar surface area (TPSA) is 79.8 Å². The van der Waals surface area contributed by atoms with E-state index in [9.17, 15) is 10.0 Å². The summed E-state index contributed by atoms with van der Waals surface area (Å²) in [4.78, 5) is 16.7. The molecule has 3 N–H and O–H groups in total. The van der Waals surface area contributed by atoms with E-state index in [0.717, 1.165) is 31.8 Å². The van der Waals surface area contributed by atoms with Crippen LogP contribution in [0.5, 0.6) is 0 Å². The second-order valence-corrected chi connectivity index (χ2v) is 7.69. The van der Waals surface area contributed by atoms with Crippen LogP contribution < -0.4 is 11.0 Å². The zero-order valence-corrected chi connectivity index (χ0v) is 14.9. The van der Waals surface area contributed by atoms with Gasteiger partial charge < -0.3 is 9.94 Å². The highest BCUT2D eigenvalue weighted by molar-refractivity contribution is 5.81. The van der Waals surface area contributed by atoms with Crippen molar-refractivity contribution in [2.75, 3.05) is 13.2 Å². The van der Waals surface area contributed by atoms with E-state index in [0.29, 0.717) is 6.54 Å². The van der Waals surface area contributed by atoms with Crippen LogP contribution in [0.2, 0.25) is 0 Å². The number of hydrogen-bond donors (Lipinski definition) is 3. The fourth-order valence-corrected chi connectivity index (χ4v) is 3.66. The van der Waals surface area contributed by atoms with Crippen molar-refractivity contribution in [3.05, 3.63) is 12.7 Å². The third-order valence-corrected chi connectivity index (χ3v) is 4.41. The molecule has 0 heterocycles. The summed E-state index contributed by atoms with van der Waals surface area (Å²) in [6, 6.07) is 0.0982. The highest BCUT2D eigenvalue weighted by atomic mass is 16.7. The standard InChI is InChI=1S/C17H32N2O4/c1-6-14(10-22-15(20)7-2)23-18-12-17(5)9-13(19-21)8-16(3,4)11-17/h7,13-14,18-19,21H,2,6,8-12H2,1,3-5H3. The molecule has 3 atom stereocenters. The van der Waals surface area contributed by atoms with Crippen molar-refractivity contribution < 1.29 is 19.6 Å². The quantitative estimate of drug-likeness (QED) is 0.343. The zero-order valence-electron chi connectivity index (χ0n) is 14.9. The number of carbonyl (C=O) groups excluding carboxylic acids is 1. The Kier molecular flexibility index (Phi) is 7.67. The van der Waals surface area contributed by atoms with Crippen LogP contribution in [0.25, 0.3) is 0 Å². The van der Waals surface area contributed by atoms with Gasteiger partial charge in [0.1, 0.15) is 12.7 Å². The normalized spacial score (nSPS) is 28.1. The van der Waals surface area contributed by atoms with Gasteiger partial charge in [0, 0.05) is 18.7 Å². The maximum atomic E-state index is 11.1. The molecule has 1 fully saturated rings. The Hall–Kier alpha value is -0.950. The number of esters is 1. The number of hydrogen-bond acceptors (Lipinski definition) is 6. The van der Waals surface area contributed by atoms with Crippen molar-refractivity contribution >= 4 is 5.97 Å². The van der Waals surface area contributed by atoms with E-state index >= 15 is 0 Å². The fourth-order valence-electron chi connectivity index (χ4n) is 3.66. The number of rotatable bonds is 9. The molecule has 0 saturated heterocycles. The molecule has 6 nitrogen and oxygen atoms in total. The number of nitrogens with one attached hydrogen (secondary N) is 2. The predicted molar refractivity (Wildman–Crippen MR) is 88.8 cm³/mol. The van der Waals surface area contributed by atoms with Crippen molar-refractivity contribution in [3.63, 3.8) is 0 Å². The molecule has 0 aromatic rings. The van der Waals surface area contributed by atoms with E-state index in [1.165, 1.54) is 0 Å². The molecule has 0 spiro atoms. The molecule has 1 rings (SSSR count). The van der Waals surface area contributed by atoms with Crippen molar-refractivity contribution in [2.24, 2.45) is 10.8 Å². The summed E-state index contributed by atoms with van der Waals surface area (Å²) in [5.41, 5.74) is 5.66. The van der Waals surface area contributed by atoms with E-state index in [1.54, 1.807) is 0 Å². The number of carbonyl (C=O) groups is 1. The minimum Gasteiger partial charge on any atom is -0.460 e. The van der Waals surface area contributed by atoms with Crippen LogP contribution in [0.1, 0.15) is 53.4 Å². The van der Waals surface area contributed by atoms with Crippen LogP contribution in [0.4, 0.5) is 0 Å². The van der Waals surface area contributed by atoms with Crippen LogP contribution in [-0.2, 0) is 14.4 Å². The third kappa shape index (κ3) is 6.99. The average Bonchev–Trinajstić information content (AvgIpc) is 2.48. The van der Waals surface area contributed by atoms with Crippen molar-refractivity contribution in [3.8, 4) is 0 Å². The van der Waals surface area contributed by atoms with Crippen molar-refractivity contribution in [1.82, 2.24) is 11.0 Å². The molecule has 3 unspecified atom stereocenters. The Morgan fingerprint density at radius 3 is 2.70 bits per heavy atom. The molecule has 0 amide bonds. The Balaban J connectivity index is 2.45. The zero-order chi connectivity index (χ0) is 17.5. The Morgan fingerprint density at radius 1 is 1.43 bits per heavy atom. The molecule has 0 aromatic heterocycles. The molecule has 1 aliphatic carbocycles. The first-order valence-corrected chi connectivity index (χ1v) is 8.31. The molecule has 0 aliphatic heterocycles. The average molecular weight is 328 g/mol. The molecule has 0 bridgehead atoms. The molecule has 23 heavy (non-hydrogen) atoms. The largest absolute Gasteiger partial charge is 0.460 e. The second kappa shape index (κ2) is 8.78. The van der Waals surface area contributed by atoms with Gasteiger partial charge in [-0.15, -0.1) is 0 Å². The molecule has 134 valence electrons. The van der Waals surface area contributed by atoms with Crippen molar-refractivity contribution in [1.29, 1.82) is 0 Å². The van der Waals surface area contributed by atoms with Crippen LogP contribution in [-0.4, -0.2) is 36.5 Å². The van der Waals surface area contributed by atoms with E-state index in [1.807, 2.05) is 6.92 Å². The minimum absolute atomic E-state index is 0.0260. The number of ether oxygens (including phenoxy) is 1. The molecule has 1 aliphatic rings. The van der Waals surface area contributed by atoms with Gasteiger partial charge in [0.05, 0.1) is 0 Å².